The van der Waals surface area contributed by atoms with Crippen molar-refractivity contribution >= 4 is 26.8 Å². The van der Waals surface area contributed by atoms with Gasteiger partial charge in [0.25, 0.3) is 5.91 Å². The molecule has 27 heavy (non-hydrogen) atoms. The van der Waals surface area contributed by atoms with E-state index in [1.54, 1.807) is 17.0 Å². The van der Waals surface area contributed by atoms with E-state index in [2.05, 4.69) is 9.97 Å². The Hall–Kier alpha value is -2.67. The van der Waals surface area contributed by atoms with E-state index < -0.39 is 9.84 Å². The number of para-hydroxylation sites is 2. The van der Waals surface area contributed by atoms with E-state index in [9.17, 15) is 13.2 Å². The van der Waals surface area contributed by atoms with Gasteiger partial charge in [-0.3, -0.25) is 4.79 Å². The molecule has 6 nitrogen and oxygen atoms in total. The zero-order chi connectivity index (χ0) is 19.2. The van der Waals surface area contributed by atoms with Crippen LogP contribution in [-0.2, 0) is 9.84 Å². The van der Waals surface area contributed by atoms with Crippen LogP contribution in [0.2, 0.25) is 0 Å². The molecule has 3 aromatic rings. The first kappa shape index (κ1) is 17.7. The second-order valence-corrected chi connectivity index (χ2v) is 9.06. The van der Waals surface area contributed by atoms with Crippen molar-refractivity contribution in [2.75, 3.05) is 12.8 Å². The summed E-state index contributed by atoms with van der Waals surface area (Å²) in [6.45, 7) is 2.45. The maximum absolute atomic E-state index is 13.2. The standard InChI is InChI=1S/C20H21N3O3S/c1-13-9-10-14(27(2,25)26)12-15(13)20(24)23-11-5-8-18(23)19-21-16-6-3-4-7-17(16)22-19/h3-4,6-7,9-10,12,18H,5,8,11H2,1-2H3,(H,21,22)/t18-/m0/s1. The maximum atomic E-state index is 13.2. The average Bonchev–Trinajstić information content (AvgIpc) is 3.27. The Labute approximate surface area is 158 Å². The van der Waals surface area contributed by atoms with Crippen LogP contribution in [-0.4, -0.2) is 42.0 Å². The molecule has 1 fully saturated rings. The quantitative estimate of drug-likeness (QED) is 0.752. The number of hydrogen-bond acceptors (Lipinski definition) is 4. The van der Waals surface area contributed by atoms with Crippen molar-refractivity contribution in [3.63, 3.8) is 0 Å². The number of sulfone groups is 1. The summed E-state index contributed by atoms with van der Waals surface area (Å²) >= 11 is 0. The molecule has 0 unspecified atom stereocenters. The lowest BCUT2D eigenvalue weighted by molar-refractivity contribution is 0.0729. The van der Waals surface area contributed by atoms with Gasteiger partial charge in [-0.1, -0.05) is 18.2 Å². The number of carbonyl (C=O) groups is 1. The molecule has 1 aromatic heterocycles. The lowest BCUT2D eigenvalue weighted by Gasteiger charge is -2.24. The maximum Gasteiger partial charge on any atom is 0.254 e. The van der Waals surface area contributed by atoms with Crippen LogP contribution in [0, 0.1) is 6.92 Å². The van der Waals surface area contributed by atoms with Crippen LogP contribution in [0.15, 0.2) is 47.4 Å². The fraction of sp³-hybridized carbons (Fsp3) is 0.300. The number of imidazole rings is 1. The van der Waals surface area contributed by atoms with Crippen LogP contribution in [0.25, 0.3) is 11.0 Å². The van der Waals surface area contributed by atoms with Gasteiger partial charge in [0.15, 0.2) is 9.84 Å². The molecular weight excluding hydrogens is 362 g/mol. The van der Waals surface area contributed by atoms with Crippen molar-refractivity contribution in [2.45, 2.75) is 30.7 Å². The van der Waals surface area contributed by atoms with Crippen molar-refractivity contribution in [1.82, 2.24) is 14.9 Å². The third-order valence-corrected chi connectivity index (χ3v) is 6.21. The van der Waals surface area contributed by atoms with E-state index in [4.69, 9.17) is 0 Å². The van der Waals surface area contributed by atoms with Crippen molar-refractivity contribution < 1.29 is 13.2 Å². The zero-order valence-corrected chi connectivity index (χ0v) is 16.1. The molecule has 7 heteroatoms. The van der Waals surface area contributed by atoms with Gasteiger partial charge in [0.1, 0.15) is 5.82 Å². The number of nitrogens with zero attached hydrogens (tertiary/aromatic N) is 2. The summed E-state index contributed by atoms with van der Waals surface area (Å²) in [5.41, 5.74) is 3.02. The van der Waals surface area contributed by atoms with Gasteiger partial charge in [0.05, 0.1) is 22.0 Å². The Kier molecular flexibility index (Phi) is 4.26. The molecule has 4 rings (SSSR count). The molecule has 2 heterocycles. The molecule has 1 saturated heterocycles. The summed E-state index contributed by atoms with van der Waals surface area (Å²) in [5.74, 6) is 0.625. The summed E-state index contributed by atoms with van der Waals surface area (Å²) < 4.78 is 23.8. The Morgan fingerprint density at radius 3 is 2.74 bits per heavy atom. The van der Waals surface area contributed by atoms with E-state index >= 15 is 0 Å². The van der Waals surface area contributed by atoms with E-state index in [1.807, 2.05) is 31.2 Å². The summed E-state index contributed by atoms with van der Waals surface area (Å²) in [7, 11) is -3.37. The van der Waals surface area contributed by atoms with E-state index in [-0.39, 0.29) is 16.8 Å². The minimum atomic E-state index is -3.37. The number of aromatic nitrogens is 2. The number of fused-ring (bicyclic) bond motifs is 1. The fourth-order valence-corrected chi connectivity index (χ4v) is 4.29. The van der Waals surface area contributed by atoms with Crippen molar-refractivity contribution in [2.24, 2.45) is 0 Å². The highest BCUT2D eigenvalue weighted by Gasteiger charge is 2.33. The largest absolute Gasteiger partial charge is 0.340 e. The molecule has 0 spiro atoms. The van der Waals surface area contributed by atoms with Crippen LogP contribution in [0.5, 0.6) is 0 Å². The number of carbonyl (C=O) groups excluding carboxylic acids is 1. The number of rotatable bonds is 3. The first-order valence-corrected chi connectivity index (χ1v) is 10.8. The van der Waals surface area contributed by atoms with Gasteiger partial charge >= 0.3 is 0 Å². The monoisotopic (exact) mass is 383 g/mol. The Morgan fingerprint density at radius 1 is 1.22 bits per heavy atom. The summed E-state index contributed by atoms with van der Waals surface area (Å²) in [5, 5.41) is 0. The normalized spacial score (nSPS) is 17.6. The minimum Gasteiger partial charge on any atom is -0.340 e. The van der Waals surface area contributed by atoms with E-state index in [0.29, 0.717) is 12.1 Å². The summed E-state index contributed by atoms with van der Waals surface area (Å²) in [4.78, 5) is 23.2. The molecule has 1 aliphatic heterocycles. The van der Waals surface area contributed by atoms with E-state index in [1.165, 1.54) is 6.07 Å². The molecule has 140 valence electrons. The van der Waals surface area contributed by atoms with Gasteiger partial charge in [-0.05, 0) is 49.6 Å². The third-order valence-electron chi connectivity index (χ3n) is 5.10. The SMILES string of the molecule is Cc1ccc(S(C)(=O)=O)cc1C(=O)N1CCC[C@H]1c1nc2ccccc2[nH]1. The van der Waals surface area contributed by atoms with Crippen LogP contribution < -0.4 is 0 Å². The predicted molar refractivity (Wildman–Crippen MR) is 103 cm³/mol. The van der Waals surface area contributed by atoms with Crippen LogP contribution in [0.1, 0.15) is 40.6 Å². The average molecular weight is 383 g/mol. The molecule has 1 aliphatic rings. The van der Waals surface area contributed by atoms with Gasteiger partial charge in [-0.15, -0.1) is 0 Å². The second-order valence-electron chi connectivity index (χ2n) is 7.04. The lowest BCUT2D eigenvalue weighted by Crippen LogP contribution is -2.31. The topological polar surface area (TPSA) is 83.1 Å². The zero-order valence-electron chi connectivity index (χ0n) is 15.3. The molecule has 0 saturated carbocycles. The molecule has 0 aliphatic carbocycles. The van der Waals surface area contributed by atoms with Crippen LogP contribution in [0.3, 0.4) is 0 Å². The Bertz CT molecular complexity index is 1100. The van der Waals surface area contributed by atoms with Crippen LogP contribution >= 0.6 is 0 Å². The van der Waals surface area contributed by atoms with Crippen molar-refractivity contribution in [3.8, 4) is 0 Å². The molecule has 0 bridgehead atoms. The van der Waals surface area contributed by atoms with Gasteiger partial charge in [-0.2, -0.15) is 0 Å². The predicted octanol–water partition coefficient (Wildman–Crippen LogP) is 3.25. The number of H-pyrrole nitrogens is 1. The molecule has 0 radical (unpaired) electrons. The lowest BCUT2D eigenvalue weighted by atomic mass is 10.1. The highest BCUT2D eigenvalue weighted by molar-refractivity contribution is 7.90. The first-order valence-electron chi connectivity index (χ1n) is 8.91. The molecular formula is C20H21N3O3S. The number of likely N-dealkylation sites (tertiary alicyclic amines) is 1. The first-order chi connectivity index (χ1) is 12.8. The second kappa shape index (κ2) is 6.49. The summed E-state index contributed by atoms with van der Waals surface area (Å²) in [6.07, 6.45) is 2.87. The molecule has 1 amide bonds. The molecule has 1 atom stereocenters. The molecule has 2 aromatic carbocycles. The highest BCUT2D eigenvalue weighted by Crippen LogP contribution is 2.33. The van der Waals surface area contributed by atoms with Crippen molar-refractivity contribution in [1.29, 1.82) is 0 Å². The third kappa shape index (κ3) is 3.23. The number of benzene rings is 2. The van der Waals surface area contributed by atoms with Crippen LogP contribution in [0.4, 0.5) is 0 Å². The number of aryl methyl sites for hydroxylation is 1. The minimum absolute atomic E-state index is 0.133. The van der Waals surface area contributed by atoms with Gasteiger partial charge in [0.2, 0.25) is 0 Å². The van der Waals surface area contributed by atoms with Gasteiger partial charge < -0.3 is 9.88 Å². The van der Waals surface area contributed by atoms with E-state index in [0.717, 1.165) is 41.5 Å². The smallest absolute Gasteiger partial charge is 0.254 e. The van der Waals surface area contributed by atoms with Crippen molar-refractivity contribution in [3.05, 3.63) is 59.4 Å². The highest BCUT2D eigenvalue weighted by atomic mass is 32.2. The number of aromatic amines is 1. The summed E-state index contributed by atoms with van der Waals surface area (Å²) in [6, 6.07) is 12.4. The number of hydrogen-bond donors (Lipinski definition) is 1. The Balaban J connectivity index is 1.71. The number of amides is 1. The van der Waals surface area contributed by atoms with Gasteiger partial charge in [0, 0.05) is 18.4 Å². The fourth-order valence-electron chi connectivity index (χ4n) is 3.64. The molecule has 1 N–H and O–H groups in total. The number of nitrogens with one attached hydrogen (secondary N) is 1. The Morgan fingerprint density at radius 2 is 2.00 bits per heavy atom. The van der Waals surface area contributed by atoms with Gasteiger partial charge in [-0.25, -0.2) is 13.4 Å².